The van der Waals surface area contributed by atoms with Crippen molar-refractivity contribution in [1.82, 2.24) is 0 Å². The molecule has 0 aliphatic rings. The van der Waals surface area contributed by atoms with Crippen molar-refractivity contribution in [2.24, 2.45) is 0 Å². The number of carbonyl (C=O) groups is 1. The third-order valence-electron chi connectivity index (χ3n) is 3.00. The number of carbonyl (C=O) groups excluding carboxylic acids is 1. The minimum Gasteiger partial charge on any atom is -0.497 e. The normalized spacial score (nSPS) is 10.4. The Morgan fingerprint density at radius 3 is 2.45 bits per heavy atom. The lowest BCUT2D eigenvalue weighted by atomic mass is 9.99. The molecule has 2 N–H and O–H groups in total. The maximum Gasteiger partial charge on any atom is 0.198 e. The van der Waals surface area contributed by atoms with Crippen LogP contribution in [0, 0.1) is 18.6 Å². The number of hydrogen-bond donors (Lipinski definition) is 1. The van der Waals surface area contributed by atoms with Gasteiger partial charge >= 0.3 is 0 Å². The monoisotopic (exact) mass is 277 g/mol. The molecule has 0 unspecified atom stereocenters. The van der Waals surface area contributed by atoms with Crippen LogP contribution < -0.4 is 10.5 Å². The lowest BCUT2D eigenvalue weighted by Gasteiger charge is -2.09. The molecule has 2 rings (SSSR count). The summed E-state index contributed by atoms with van der Waals surface area (Å²) in [7, 11) is 1.44. The highest BCUT2D eigenvalue weighted by Crippen LogP contribution is 2.24. The number of ether oxygens (including phenoxy) is 1. The Morgan fingerprint density at radius 2 is 1.80 bits per heavy atom. The summed E-state index contributed by atoms with van der Waals surface area (Å²) in [6.45, 7) is 1.42. The molecule has 104 valence electrons. The average Bonchev–Trinajstić information content (AvgIpc) is 2.42. The lowest BCUT2D eigenvalue weighted by molar-refractivity contribution is 0.103. The molecule has 0 amide bonds. The molecule has 0 atom stereocenters. The van der Waals surface area contributed by atoms with Gasteiger partial charge in [0.25, 0.3) is 0 Å². The summed E-state index contributed by atoms with van der Waals surface area (Å²) >= 11 is 0. The van der Waals surface area contributed by atoms with Gasteiger partial charge in [0.15, 0.2) is 5.78 Å². The van der Waals surface area contributed by atoms with Gasteiger partial charge in [0.05, 0.1) is 12.7 Å². The minimum absolute atomic E-state index is 0.0755. The maximum atomic E-state index is 13.8. The molecule has 0 saturated heterocycles. The fourth-order valence-electron chi connectivity index (χ4n) is 1.82. The summed E-state index contributed by atoms with van der Waals surface area (Å²) < 4.78 is 32.3. The van der Waals surface area contributed by atoms with Gasteiger partial charge in [-0.15, -0.1) is 0 Å². The van der Waals surface area contributed by atoms with Crippen LogP contribution in [0.5, 0.6) is 5.75 Å². The number of nitrogen functional groups attached to an aromatic ring is 1. The number of aryl methyl sites for hydroxylation is 1. The zero-order valence-electron chi connectivity index (χ0n) is 11.0. The molecule has 0 radical (unpaired) electrons. The zero-order chi connectivity index (χ0) is 14.9. The molecule has 0 aromatic heterocycles. The van der Waals surface area contributed by atoms with Crippen LogP contribution in [0.25, 0.3) is 0 Å². The van der Waals surface area contributed by atoms with Gasteiger partial charge in [0.2, 0.25) is 0 Å². The predicted molar refractivity (Wildman–Crippen MR) is 71.9 cm³/mol. The van der Waals surface area contributed by atoms with Gasteiger partial charge in [0, 0.05) is 11.3 Å². The van der Waals surface area contributed by atoms with E-state index >= 15 is 0 Å². The Hall–Kier alpha value is -2.43. The predicted octanol–water partition coefficient (Wildman–Crippen LogP) is 3.10. The highest BCUT2D eigenvalue weighted by atomic mass is 19.1. The fourth-order valence-corrected chi connectivity index (χ4v) is 1.82. The lowest BCUT2D eigenvalue weighted by Crippen LogP contribution is -2.09. The van der Waals surface area contributed by atoms with E-state index in [4.69, 9.17) is 10.5 Å². The number of rotatable bonds is 3. The first-order valence-corrected chi connectivity index (χ1v) is 5.88. The van der Waals surface area contributed by atoms with Gasteiger partial charge in [-0.3, -0.25) is 4.79 Å². The molecule has 0 spiro atoms. The Bertz CT molecular complexity index is 684. The van der Waals surface area contributed by atoms with Gasteiger partial charge in [-0.05, 0) is 42.8 Å². The fraction of sp³-hybridized carbons (Fsp3) is 0.133. The number of hydrogen-bond acceptors (Lipinski definition) is 3. The van der Waals surface area contributed by atoms with Gasteiger partial charge in [-0.25, -0.2) is 8.78 Å². The molecule has 0 bridgehead atoms. The van der Waals surface area contributed by atoms with Crippen LogP contribution in [0.3, 0.4) is 0 Å². The van der Waals surface area contributed by atoms with E-state index < -0.39 is 17.4 Å². The summed E-state index contributed by atoms with van der Waals surface area (Å²) in [5.41, 5.74) is 5.74. The first-order valence-electron chi connectivity index (χ1n) is 5.88. The molecule has 20 heavy (non-hydrogen) atoms. The summed E-state index contributed by atoms with van der Waals surface area (Å²) in [5, 5.41) is 0. The van der Waals surface area contributed by atoms with Crippen molar-refractivity contribution in [1.29, 1.82) is 0 Å². The van der Waals surface area contributed by atoms with Crippen molar-refractivity contribution in [3.8, 4) is 5.75 Å². The largest absolute Gasteiger partial charge is 0.497 e. The van der Waals surface area contributed by atoms with E-state index in [1.165, 1.54) is 26.2 Å². The first kappa shape index (κ1) is 14.0. The van der Waals surface area contributed by atoms with Crippen molar-refractivity contribution in [2.45, 2.75) is 6.92 Å². The number of benzene rings is 2. The van der Waals surface area contributed by atoms with Gasteiger partial charge in [-0.2, -0.15) is 0 Å². The second-order valence-electron chi connectivity index (χ2n) is 4.36. The number of anilines is 1. The van der Waals surface area contributed by atoms with Crippen LogP contribution in [0.1, 0.15) is 21.5 Å². The molecule has 0 fully saturated rings. The van der Waals surface area contributed by atoms with Crippen LogP contribution >= 0.6 is 0 Å². The quantitative estimate of drug-likeness (QED) is 0.693. The Kier molecular flexibility index (Phi) is 3.70. The summed E-state index contributed by atoms with van der Waals surface area (Å²) in [6.07, 6.45) is 0. The van der Waals surface area contributed by atoms with Gasteiger partial charge in [-0.1, -0.05) is 0 Å². The first-order chi connectivity index (χ1) is 9.43. The molecule has 3 nitrogen and oxygen atoms in total. The summed E-state index contributed by atoms with van der Waals surface area (Å²) in [5.74, 6) is -1.69. The Balaban J connectivity index is 2.54. The molecular formula is C15H13F2NO2. The van der Waals surface area contributed by atoms with Gasteiger partial charge < -0.3 is 10.5 Å². The second-order valence-corrected chi connectivity index (χ2v) is 4.36. The van der Waals surface area contributed by atoms with Crippen molar-refractivity contribution in [3.05, 3.63) is 58.7 Å². The molecule has 5 heteroatoms. The van der Waals surface area contributed by atoms with Crippen molar-refractivity contribution >= 4 is 11.5 Å². The number of nitrogens with two attached hydrogens (primary N) is 1. The standard InChI is InChI=1S/C15H13F2NO2/c1-8-5-13(17)10(7-12(8)16)15(19)11-6-9(20-2)3-4-14(11)18/h3-7H,18H2,1-2H3. The highest BCUT2D eigenvalue weighted by Gasteiger charge is 2.19. The van der Waals surface area contributed by atoms with E-state index in [0.717, 1.165) is 12.1 Å². The van der Waals surface area contributed by atoms with Gasteiger partial charge in [0.1, 0.15) is 17.4 Å². The van der Waals surface area contributed by atoms with Crippen LogP contribution in [0.15, 0.2) is 30.3 Å². The smallest absolute Gasteiger partial charge is 0.198 e. The number of ketones is 1. The van der Waals surface area contributed by atoms with E-state index in [-0.39, 0.29) is 22.4 Å². The van der Waals surface area contributed by atoms with E-state index in [0.29, 0.717) is 5.75 Å². The van der Waals surface area contributed by atoms with E-state index in [2.05, 4.69) is 0 Å². The molecule has 0 saturated carbocycles. The Morgan fingerprint density at radius 1 is 1.10 bits per heavy atom. The van der Waals surface area contributed by atoms with E-state index in [1.54, 1.807) is 6.07 Å². The third-order valence-corrected chi connectivity index (χ3v) is 3.00. The zero-order valence-corrected chi connectivity index (χ0v) is 11.0. The highest BCUT2D eigenvalue weighted by molar-refractivity contribution is 6.12. The van der Waals surface area contributed by atoms with Crippen LogP contribution in [0.2, 0.25) is 0 Å². The third kappa shape index (κ3) is 2.47. The van der Waals surface area contributed by atoms with Crippen molar-refractivity contribution in [3.63, 3.8) is 0 Å². The van der Waals surface area contributed by atoms with Crippen LogP contribution in [-0.4, -0.2) is 12.9 Å². The molecule has 2 aromatic rings. The summed E-state index contributed by atoms with van der Waals surface area (Å²) in [6, 6.07) is 6.33. The molecule has 0 heterocycles. The Labute approximate surface area is 115 Å². The van der Waals surface area contributed by atoms with Crippen LogP contribution in [-0.2, 0) is 0 Å². The number of methoxy groups -OCH3 is 1. The van der Waals surface area contributed by atoms with E-state index in [1.807, 2.05) is 0 Å². The van der Waals surface area contributed by atoms with E-state index in [9.17, 15) is 13.6 Å². The topological polar surface area (TPSA) is 52.3 Å². The van der Waals surface area contributed by atoms with Crippen molar-refractivity contribution in [2.75, 3.05) is 12.8 Å². The minimum atomic E-state index is -0.781. The van der Waals surface area contributed by atoms with Crippen LogP contribution in [0.4, 0.5) is 14.5 Å². The summed E-state index contributed by atoms with van der Waals surface area (Å²) in [4.78, 5) is 12.3. The molecule has 0 aliphatic carbocycles. The SMILES string of the molecule is COc1ccc(N)c(C(=O)c2cc(F)c(C)cc2F)c1. The van der Waals surface area contributed by atoms with Crippen molar-refractivity contribution < 1.29 is 18.3 Å². The average molecular weight is 277 g/mol. The molecular weight excluding hydrogens is 264 g/mol. The second kappa shape index (κ2) is 5.28. The number of halogens is 2. The molecule has 0 aliphatic heterocycles. The maximum absolute atomic E-state index is 13.8. The molecule has 2 aromatic carbocycles.